The highest BCUT2D eigenvalue weighted by Crippen LogP contribution is 2.15. The van der Waals surface area contributed by atoms with Crippen molar-refractivity contribution < 1.29 is 28.7 Å². The Kier molecular flexibility index (Phi) is 8.64. The van der Waals surface area contributed by atoms with E-state index in [1.807, 2.05) is 0 Å². The SMILES string of the molecule is CCOC(=O)N1CC[C@H](NC(=O)C(=O)Nc2ccc(Cl)cn2)[C@H](NC(=O)OC(C)(C)C)C1. The summed E-state index contributed by atoms with van der Waals surface area (Å²) in [5, 5.41) is 8.03. The van der Waals surface area contributed by atoms with Crippen LogP contribution in [0.3, 0.4) is 0 Å². The summed E-state index contributed by atoms with van der Waals surface area (Å²) in [6.07, 6.45) is 0.389. The minimum atomic E-state index is -0.927. The van der Waals surface area contributed by atoms with Crippen molar-refractivity contribution in [3.63, 3.8) is 0 Å². The second kappa shape index (κ2) is 11.0. The molecular weight excluding hydrogens is 442 g/mol. The molecule has 0 spiro atoms. The number of ether oxygens (including phenoxy) is 2. The van der Waals surface area contributed by atoms with Crippen LogP contribution in [0.25, 0.3) is 0 Å². The summed E-state index contributed by atoms with van der Waals surface area (Å²) in [6, 6.07) is 1.66. The third-order valence-corrected chi connectivity index (χ3v) is 4.56. The van der Waals surface area contributed by atoms with Gasteiger partial charge in [0.1, 0.15) is 11.4 Å². The van der Waals surface area contributed by atoms with Crippen molar-refractivity contribution in [3.8, 4) is 0 Å². The zero-order valence-electron chi connectivity index (χ0n) is 18.4. The number of likely N-dealkylation sites (tertiary alicyclic amines) is 1. The summed E-state index contributed by atoms with van der Waals surface area (Å²) < 4.78 is 10.3. The zero-order valence-corrected chi connectivity index (χ0v) is 19.2. The van der Waals surface area contributed by atoms with Gasteiger partial charge in [-0.05, 0) is 46.2 Å². The summed E-state index contributed by atoms with van der Waals surface area (Å²) in [7, 11) is 0. The molecule has 0 unspecified atom stereocenters. The van der Waals surface area contributed by atoms with Crippen molar-refractivity contribution in [2.24, 2.45) is 0 Å². The molecule has 0 bridgehead atoms. The Morgan fingerprint density at radius 2 is 1.88 bits per heavy atom. The fourth-order valence-corrected chi connectivity index (χ4v) is 3.08. The third-order valence-electron chi connectivity index (χ3n) is 4.33. The quantitative estimate of drug-likeness (QED) is 0.572. The molecular formula is C20H28ClN5O6. The van der Waals surface area contributed by atoms with Gasteiger partial charge in [0, 0.05) is 19.3 Å². The van der Waals surface area contributed by atoms with Crippen molar-refractivity contribution in [2.45, 2.75) is 51.8 Å². The first-order valence-corrected chi connectivity index (χ1v) is 10.5. The van der Waals surface area contributed by atoms with Gasteiger partial charge in [0.2, 0.25) is 0 Å². The highest BCUT2D eigenvalue weighted by Gasteiger charge is 2.36. The van der Waals surface area contributed by atoms with Crippen LogP contribution < -0.4 is 16.0 Å². The van der Waals surface area contributed by atoms with E-state index in [1.54, 1.807) is 27.7 Å². The lowest BCUT2D eigenvalue weighted by molar-refractivity contribution is -0.137. The van der Waals surface area contributed by atoms with Gasteiger partial charge in [-0.3, -0.25) is 9.59 Å². The van der Waals surface area contributed by atoms with E-state index < -0.39 is 41.7 Å². The van der Waals surface area contributed by atoms with E-state index in [9.17, 15) is 19.2 Å². The van der Waals surface area contributed by atoms with Gasteiger partial charge in [-0.25, -0.2) is 14.6 Å². The summed E-state index contributed by atoms with van der Waals surface area (Å²) in [4.78, 5) is 54.4. The Hall–Kier alpha value is -3.08. The number of amides is 4. The monoisotopic (exact) mass is 469 g/mol. The molecule has 12 heteroatoms. The topological polar surface area (TPSA) is 139 Å². The van der Waals surface area contributed by atoms with Crippen LogP contribution in [0.1, 0.15) is 34.1 Å². The minimum Gasteiger partial charge on any atom is -0.450 e. The molecule has 1 aliphatic rings. The molecule has 4 amide bonds. The van der Waals surface area contributed by atoms with Crippen LogP contribution in [0.5, 0.6) is 0 Å². The highest BCUT2D eigenvalue weighted by atomic mass is 35.5. The van der Waals surface area contributed by atoms with Crippen LogP contribution in [0, 0.1) is 0 Å². The zero-order chi connectivity index (χ0) is 23.9. The van der Waals surface area contributed by atoms with Crippen molar-refractivity contribution in [1.82, 2.24) is 20.5 Å². The number of nitrogens with zero attached hydrogens (tertiary/aromatic N) is 2. The number of nitrogens with one attached hydrogen (secondary N) is 3. The predicted molar refractivity (Wildman–Crippen MR) is 116 cm³/mol. The molecule has 2 heterocycles. The van der Waals surface area contributed by atoms with Gasteiger partial charge in [-0.15, -0.1) is 0 Å². The number of hydrogen-bond donors (Lipinski definition) is 3. The molecule has 1 aromatic heterocycles. The maximum absolute atomic E-state index is 12.4. The van der Waals surface area contributed by atoms with Gasteiger partial charge in [0.15, 0.2) is 0 Å². The number of halogens is 1. The average Bonchev–Trinajstić information content (AvgIpc) is 2.69. The number of pyridine rings is 1. The van der Waals surface area contributed by atoms with E-state index in [2.05, 4.69) is 20.9 Å². The van der Waals surface area contributed by atoms with E-state index in [0.29, 0.717) is 5.02 Å². The molecule has 0 radical (unpaired) electrons. The van der Waals surface area contributed by atoms with Crippen LogP contribution >= 0.6 is 11.6 Å². The van der Waals surface area contributed by atoms with Crippen LogP contribution in [-0.4, -0.2) is 71.3 Å². The van der Waals surface area contributed by atoms with Crippen molar-refractivity contribution in [1.29, 1.82) is 0 Å². The molecule has 32 heavy (non-hydrogen) atoms. The van der Waals surface area contributed by atoms with Gasteiger partial charge in [0.05, 0.1) is 23.7 Å². The number of anilines is 1. The number of carbonyl (C=O) groups is 4. The van der Waals surface area contributed by atoms with E-state index in [0.717, 1.165) is 0 Å². The number of aromatic nitrogens is 1. The standard InChI is InChI=1S/C20H28ClN5O6/c1-5-31-19(30)26-9-8-13(14(11-26)24-18(29)32-20(2,3)4)23-16(27)17(28)25-15-7-6-12(21)10-22-15/h6-7,10,13-14H,5,8-9,11H2,1-4H3,(H,23,27)(H,24,29)(H,22,25,28)/t13-,14+/m0/s1. The Morgan fingerprint density at radius 1 is 1.16 bits per heavy atom. The minimum absolute atomic E-state index is 0.0728. The number of rotatable bonds is 4. The fraction of sp³-hybridized carbons (Fsp3) is 0.550. The Bertz CT molecular complexity index is 842. The van der Waals surface area contributed by atoms with Crippen LogP contribution in [0.2, 0.25) is 5.02 Å². The lowest BCUT2D eigenvalue weighted by Gasteiger charge is -2.38. The average molecular weight is 470 g/mol. The molecule has 1 aromatic rings. The second-order valence-electron chi connectivity index (χ2n) is 8.08. The van der Waals surface area contributed by atoms with Crippen LogP contribution in [0.4, 0.5) is 15.4 Å². The summed E-state index contributed by atoms with van der Waals surface area (Å²) in [5.74, 6) is -1.67. The molecule has 0 saturated carbocycles. The molecule has 2 atom stereocenters. The molecule has 1 aliphatic heterocycles. The second-order valence-corrected chi connectivity index (χ2v) is 8.52. The highest BCUT2D eigenvalue weighted by molar-refractivity contribution is 6.39. The molecule has 2 rings (SSSR count). The third kappa shape index (κ3) is 7.88. The number of hydrogen-bond acceptors (Lipinski definition) is 7. The van der Waals surface area contributed by atoms with Crippen molar-refractivity contribution >= 4 is 41.4 Å². The van der Waals surface area contributed by atoms with E-state index >= 15 is 0 Å². The lowest BCUT2D eigenvalue weighted by Crippen LogP contribution is -2.62. The van der Waals surface area contributed by atoms with Crippen LogP contribution in [0.15, 0.2) is 18.3 Å². The van der Waals surface area contributed by atoms with Crippen molar-refractivity contribution in [2.75, 3.05) is 25.0 Å². The lowest BCUT2D eigenvalue weighted by atomic mass is 9.99. The first-order valence-electron chi connectivity index (χ1n) is 10.1. The van der Waals surface area contributed by atoms with Gasteiger partial charge in [-0.1, -0.05) is 11.6 Å². The fourth-order valence-electron chi connectivity index (χ4n) is 2.97. The maximum Gasteiger partial charge on any atom is 0.409 e. The Balaban J connectivity index is 2.05. The number of piperidine rings is 1. The van der Waals surface area contributed by atoms with Crippen LogP contribution in [-0.2, 0) is 19.1 Å². The van der Waals surface area contributed by atoms with E-state index in [-0.39, 0.29) is 31.9 Å². The van der Waals surface area contributed by atoms with Gasteiger partial charge in [-0.2, -0.15) is 0 Å². The van der Waals surface area contributed by atoms with E-state index in [4.69, 9.17) is 21.1 Å². The number of alkyl carbamates (subject to hydrolysis) is 1. The maximum atomic E-state index is 12.4. The number of carbonyl (C=O) groups excluding carboxylic acids is 4. The normalized spacial score (nSPS) is 18.3. The first kappa shape index (κ1) is 25.2. The molecule has 3 N–H and O–H groups in total. The van der Waals surface area contributed by atoms with Gasteiger partial charge >= 0.3 is 24.0 Å². The largest absolute Gasteiger partial charge is 0.450 e. The molecule has 176 valence electrons. The Labute approximate surface area is 191 Å². The van der Waals surface area contributed by atoms with Crippen molar-refractivity contribution in [3.05, 3.63) is 23.4 Å². The molecule has 11 nitrogen and oxygen atoms in total. The van der Waals surface area contributed by atoms with Gasteiger partial charge < -0.3 is 30.3 Å². The molecule has 1 fully saturated rings. The summed E-state index contributed by atoms with van der Waals surface area (Å²) >= 11 is 5.75. The summed E-state index contributed by atoms with van der Waals surface area (Å²) in [5.41, 5.74) is -0.732. The summed E-state index contributed by atoms with van der Waals surface area (Å²) in [6.45, 7) is 7.39. The van der Waals surface area contributed by atoms with Gasteiger partial charge in [0.25, 0.3) is 0 Å². The molecule has 0 aromatic carbocycles. The first-order chi connectivity index (χ1) is 15.0. The molecule has 1 saturated heterocycles. The Morgan fingerprint density at radius 3 is 2.47 bits per heavy atom. The predicted octanol–water partition coefficient (Wildman–Crippen LogP) is 1.91. The molecule has 0 aliphatic carbocycles. The van der Waals surface area contributed by atoms with E-state index in [1.165, 1.54) is 23.2 Å². The smallest absolute Gasteiger partial charge is 0.409 e.